The van der Waals surface area contributed by atoms with Gasteiger partial charge in [0.15, 0.2) is 0 Å². The molecule has 0 saturated heterocycles. The zero-order chi connectivity index (χ0) is 6.41. The smallest absolute Gasteiger partial charge is 0.120 e. The summed E-state index contributed by atoms with van der Waals surface area (Å²) in [6, 6.07) is 0. The molecule has 0 aromatic heterocycles. The molecule has 2 nitrogen and oxygen atoms in total. The van der Waals surface area contributed by atoms with Gasteiger partial charge in [-0.1, -0.05) is 0 Å². The Morgan fingerprint density at radius 2 is 2.25 bits per heavy atom. The summed E-state index contributed by atoms with van der Waals surface area (Å²) in [6.07, 6.45) is 2.73. The minimum Gasteiger partial charge on any atom is -0.307 e. The van der Waals surface area contributed by atoms with Gasteiger partial charge in [0.25, 0.3) is 0 Å². The standard InChI is InChI=1S/C5H10O2Si/c6-4-2-1-3-5(7)8/h4H,1-3H2,8H3. The van der Waals surface area contributed by atoms with Gasteiger partial charge in [-0.15, -0.1) is 0 Å². The van der Waals surface area contributed by atoms with Crippen LogP contribution in [0.4, 0.5) is 0 Å². The lowest BCUT2D eigenvalue weighted by Gasteiger charge is -1.86. The van der Waals surface area contributed by atoms with E-state index in [0.717, 1.165) is 12.7 Å². The Morgan fingerprint density at radius 1 is 1.62 bits per heavy atom. The second kappa shape index (κ2) is 4.71. The Labute approximate surface area is 51.7 Å². The number of carbonyl (C=O) groups excluding carboxylic acids is 2. The summed E-state index contributed by atoms with van der Waals surface area (Å²) in [6.45, 7) is 0. The van der Waals surface area contributed by atoms with Gasteiger partial charge in [-0.3, -0.25) is 0 Å². The molecule has 0 aliphatic heterocycles. The monoisotopic (exact) mass is 130 g/mol. The lowest BCUT2D eigenvalue weighted by atomic mass is 10.3. The molecule has 0 rings (SSSR count). The van der Waals surface area contributed by atoms with Crippen molar-refractivity contribution >= 4 is 21.9 Å². The first-order chi connectivity index (χ1) is 3.77. The quantitative estimate of drug-likeness (QED) is 0.285. The van der Waals surface area contributed by atoms with E-state index in [4.69, 9.17) is 0 Å². The molecule has 3 heteroatoms. The normalized spacial score (nSPS) is 9.00. The second-order valence-electron chi connectivity index (χ2n) is 1.76. The van der Waals surface area contributed by atoms with Crippen molar-refractivity contribution < 1.29 is 9.59 Å². The van der Waals surface area contributed by atoms with Crippen molar-refractivity contribution in [1.82, 2.24) is 0 Å². The first-order valence-electron chi connectivity index (χ1n) is 2.70. The highest BCUT2D eigenvalue weighted by Crippen LogP contribution is 1.89. The third-order valence-electron chi connectivity index (χ3n) is 0.851. The van der Waals surface area contributed by atoms with Gasteiger partial charge in [-0.05, 0) is 6.42 Å². The van der Waals surface area contributed by atoms with E-state index in [1.807, 2.05) is 0 Å². The summed E-state index contributed by atoms with van der Waals surface area (Å²) in [5.41, 5.74) is 0. The maximum Gasteiger partial charge on any atom is 0.120 e. The summed E-state index contributed by atoms with van der Waals surface area (Å²) < 4.78 is 0. The highest BCUT2D eigenvalue weighted by atomic mass is 28.1. The minimum absolute atomic E-state index is 0.298. The third kappa shape index (κ3) is 5.56. The van der Waals surface area contributed by atoms with Crippen LogP contribution in [0.15, 0.2) is 0 Å². The molecule has 0 bridgehead atoms. The van der Waals surface area contributed by atoms with Crippen molar-refractivity contribution in [1.29, 1.82) is 0 Å². The van der Waals surface area contributed by atoms with Crippen LogP contribution in [-0.4, -0.2) is 21.9 Å². The number of unbranched alkanes of at least 4 members (excludes halogenated alkanes) is 1. The van der Waals surface area contributed by atoms with E-state index in [1.165, 1.54) is 0 Å². The molecule has 0 aromatic rings. The summed E-state index contributed by atoms with van der Waals surface area (Å²) in [4.78, 5) is 20.0. The first-order valence-corrected chi connectivity index (χ1v) is 3.70. The van der Waals surface area contributed by atoms with Gasteiger partial charge in [-0.2, -0.15) is 0 Å². The van der Waals surface area contributed by atoms with Gasteiger partial charge in [0.1, 0.15) is 11.7 Å². The van der Waals surface area contributed by atoms with E-state index in [1.54, 1.807) is 0 Å². The van der Waals surface area contributed by atoms with Crippen LogP contribution in [0.25, 0.3) is 0 Å². The molecule has 0 aliphatic rings. The topological polar surface area (TPSA) is 34.1 Å². The maximum absolute atomic E-state index is 10.3. The van der Waals surface area contributed by atoms with E-state index in [2.05, 4.69) is 0 Å². The maximum atomic E-state index is 10.3. The highest BCUT2D eigenvalue weighted by molar-refractivity contribution is 6.57. The largest absolute Gasteiger partial charge is 0.307 e. The van der Waals surface area contributed by atoms with Gasteiger partial charge in [0, 0.05) is 12.8 Å². The van der Waals surface area contributed by atoms with Crippen molar-refractivity contribution in [3.63, 3.8) is 0 Å². The van der Waals surface area contributed by atoms with Crippen molar-refractivity contribution in [2.24, 2.45) is 0 Å². The number of hydrogen-bond donors (Lipinski definition) is 0. The SMILES string of the molecule is O=CCCCC(=O)[SiH3]. The fraction of sp³-hybridized carbons (Fsp3) is 0.600. The van der Waals surface area contributed by atoms with Gasteiger partial charge in [-0.25, -0.2) is 0 Å². The molecule has 0 N–H and O–H groups in total. The van der Waals surface area contributed by atoms with Gasteiger partial charge in [0.05, 0.1) is 10.2 Å². The molecule has 0 radical (unpaired) electrons. The molecular formula is C5H10O2Si. The predicted molar refractivity (Wildman–Crippen MR) is 34.9 cm³/mol. The lowest BCUT2D eigenvalue weighted by Crippen LogP contribution is -1.94. The minimum atomic E-state index is 0.298. The van der Waals surface area contributed by atoms with E-state index in [9.17, 15) is 9.59 Å². The summed E-state index contributed by atoms with van der Waals surface area (Å²) in [5.74, 6) is 0. The zero-order valence-electron chi connectivity index (χ0n) is 5.02. The van der Waals surface area contributed by atoms with Gasteiger partial charge < -0.3 is 9.59 Å². The van der Waals surface area contributed by atoms with E-state index in [0.29, 0.717) is 28.5 Å². The van der Waals surface area contributed by atoms with Gasteiger partial charge in [0.2, 0.25) is 0 Å². The first kappa shape index (κ1) is 7.56. The van der Waals surface area contributed by atoms with E-state index >= 15 is 0 Å². The van der Waals surface area contributed by atoms with Crippen LogP contribution in [0.3, 0.4) is 0 Å². The lowest BCUT2D eigenvalue weighted by molar-refractivity contribution is -0.112. The van der Waals surface area contributed by atoms with Crippen LogP contribution in [-0.2, 0) is 9.59 Å². The van der Waals surface area contributed by atoms with Crippen molar-refractivity contribution in [2.45, 2.75) is 19.3 Å². The van der Waals surface area contributed by atoms with Crippen LogP contribution >= 0.6 is 0 Å². The molecule has 0 fully saturated rings. The van der Waals surface area contributed by atoms with Crippen LogP contribution in [0, 0.1) is 0 Å². The number of aldehydes is 1. The fourth-order valence-corrected chi connectivity index (χ4v) is 0.788. The molecular weight excluding hydrogens is 120 g/mol. The molecule has 46 valence electrons. The van der Waals surface area contributed by atoms with Crippen LogP contribution in [0.1, 0.15) is 19.3 Å². The third-order valence-corrected chi connectivity index (χ3v) is 1.35. The molecule has 0 unspecified atom stereocenters. The van der Waals surface area contributed by atoms with E-state index < -0.39 is 0 Å². The Hall–Kier alpha value is -0.443. The van der Waals surface area contributed by atoms with Gasteiger partial charge >= 0.3 is 0 Å². The molecule has 0 spiro atoms. The summed E-state index contributed by atoms with van der Waals surface area (Å²) >= 11 is 0. The number of carbonyl (C=O) groups is 2. The molecule has 0 atom stereocenters. The molecule has 0 aliphatic carbocycles. The van der Waals surface area contributed by atoms with Crippen LogP contribution in [0.5, 0.6) is 0 Å². The number of hydrogen-bond acceptors (Lipinski definition) is 2. The number of rotatable bonds is 4. The van der Waals surface area contributed by atoms with Crippen LogP contribution < -0.4 is 0 Å². The Morgan fingerprint density at radius 3 is 2.62 bits per heavy atom. The Kier molecular flexibility index (Phi) is 4.45. The van der Waals surface area contributed by atoms with Crippen LogP contribution in [0.2, 0.25) is 0 Å². The van der Waals surface area contributed by atoms with Crippen molar-refractivity contribution in [3.8, 4) is 0 Å². The molecule has 8 heavy (non-hydrogen) atoms. The Balaban J connectivity index is 2.93. The molecule has 0 saturated carbocycles. The average Bonchev–Trinajstić information content (AvgIpc) is 1.66. The molecule has 0 amide bonds. The highest BCUT2D eigenvalue weighted by Gasteiger charge is 1.89. The molecule has 0 aromatic carbocycles. The summed E-state index contributed by atoms with van der Waals surface area (Å²) in [5, 5.41) is 0.298. The average molecular weight is 130 g/mol. The van der Waals surface area contributed by atoms with Crippen molar-refractivity contribution in [2.75, 3.05) is 0 Å². The van der Waals surface area contributed by atoms with E-state index in [-0.39, 0.29) is 0 Å². The fourth-order valence-electron chi connectivity index (χ4n) is 0.434. The predicted octanol–water partition coefficient (Wildman–Crippen LogP) is -0.752. The Bertz CT molecular complexity index is 90.4. The second-order valence-corrected chi connectivity index (χ2v) is 2.88. The molecule has 0 heterocycles. The zero-order valence-corrected chi connectivity index (χ0v) is 7.02. The summed E-state index contributed by atoms with van der Waals surface area (Å²) in [7, 11) is 0.631. The van der Waals surface area contributed by atoms with Crippen molar-refractivity contribution in [3.05, 3.63) is 0 Å².